The summed E-state index contributed by atoms with van der Waals surface area (Å²) in [5.41, 5.74) is 2.55. The van der Waals surface area contributed by atoms with Crippen LogP contribution in [0.2, 0.25) is 0 Å². The highest BCUT2D eigenvalue weighted by Gasteiger charge is 2.41. The summed E-state index contributed by atoms with van der Waals surface area (Å²) in [6, 6.07) is 14.1. The second-order valence-corrected chi connectivity index (χ2v) is 9.35. The molecule has 4 unspecified atom stereocenters. The maximum Gasteiger partial charge on any atom is 0.124 e. The van der Waals surface area contributed by atoms with Gasteiger partial charge in [0.1, 0.15) is 10.6 Å². The van der Waals surface area contributed by atoms with Crippen molar-refractivity contribution in [1.29, 1.82) is 0 Å². The summed E-state index contributed by atoms with van der Waals surface area (Å²) in [6.07, 6.45) is 5.85. The minimum absolute atomic E-state index is 0.647. The third kappa shape index (κ3) is 3.15. The predicted molar refractivity (Wildman–Crippen MR) is 113 cm³/mol. The van der Waals surface area contributed by atoms with Crippen LogP contribution in [0.4, 0.5) is 0 Å². The first-order valence-corrected chi connectivity index (χ1v) is 10.8. The highest BCUT2D eigenvalue weighted by molar-refractivity contribution is 7.19. The third-order valence-electron chi connectivity index (χ3n) is 6.31. The number of nitrogens with one attached hydrogen (secondary N) is 1. The van der Waals surface area contributed by atoms with Gasteiger partial charge in [-0.1, -0.05) is 12.1 Å². The van der Waals surface area contributed by atoms with E-state index in [0.717, 1.165) is 23.1 Å². The van der Waals surface area contributed by atoms with Gasteiger partial charge in [0.2, 0.25) is 0 Å². The van der Waals surface area contributed by atoms with Gasteiger partial charge in [0.15, 0.2) is 0 Å². The van der Waals surface area contributed by atoms with E-state index in [1.54, 1.807) is 11.3 Å². The standard InChI is InChI=1S/C23H26N2OS/c1-14-12-17-5-6-18(22(17)25-14)13-26-19-9-7-16(8-10-19)21-15(2)27-23-20(21)4-3-11-24-23/h3-4,7-11,14,17-18,22,25H,5-6,12-13H2,1-2H3. The molecule has 4 heteroatoms. The lowest BCUT2D eigenvalue weighted by atomic mass is 9.99. The molecule has 1 saturated carbocycles. The molecule has 1 aliphatic carbocycles. The fourth-order valence-corrected chi connectivity index (χ4v) is 6.09. The molecule has 1 N–H and O–H groups in total. The van der Waals surface area contributed by atoms with E-state index in [4.69, 9.17) is 4.74 Å². The maximum atomic E-state index is 6.17. The molecule has 2 aliphatic rings. The zero-order chi connectivity index (χ0) is 18.4. The highest BCUT2D eigenvalue weighted by Crippen LogP contribution is 2.40. The number of rotatable bonds is 4. The molecule has 27 heavy (non-hydrogen) atoms. The minimum atomic E-state index is 0.647. The lowest BCUT2D eigenvalue weighted by molar-refractivity contribution is 0.225. The number of thiophene rings is 1. The van der Waals surface area contributed by atoms with E-state index >= 15 is 0 Å². The molecular weight excluding hydrogens is 352 g/mol. The van der Waals surface area contributed by atoms with Crippen LogP contribution < -0.4 is 10.1 Å². The maximum absolute atomic E-state index is 6.17. The van der Waals surface area contributed by atoms with Crippen molar-refractivity contribution in [2.24, 2.45) is 11.8 Å². The van der Waals surface area contributed by atoms with Crippen LogP contribution in [0.25, 0.3) is 21.3 Å². The van der Waals surface area contributed by atoms with Crippen LogP contribution in [0.1, 0.15) is 31.1 Å². The van der Waals surface area contributed by atoms with Gasteiger partial charge >= 0.3 is 0 Å². The Morgan fingerprint density at radius 2 is 2.04 bits per heavy atom. The van der Waals surface area contributed by atoms with E-state index in [2.05, 4.69) is 54.5 Å². The molecule has 3 nitrogen and oxygen atoms in total. The fourth-order valence-electron chi connectivity index (χ4n) is 5.07. The molecule has 140 valence electrons. The van der Waals surface area contributed by atoms with Gasteiger partial charge in [-0.2, -0.15) is 0 Å². The van der Waals surface area contributed by atoms with Gasteiger partial charge in [-0.15, -0.1) is 11.3 Å². The monoisotopic (exact) mass is 378 g/mol. The molecule has 1 aromatic carbocycles. The number of nitrogens with zero attached hydrogens (tertiary/aromatic N) is 1. The largest absolute Gasteiger partial charge is 0.493 e. The Morgan fingerprint density at radius 1 is 1.19 bits per heavy atom. The molecule has 0 bridgehead atoms. The van der Waals surface area contributed by atoms with Crippen molar-refractivity contribution in [2.75, 3.05) is 6.61 Å². The van der Waals surface area contributed by atoms with Crippen LogP contribution in [0.5, 0.6) is 5.75 Å². The second kappa shape index (κ2) is 6.92. The van der Waals surface area contributed by atoms with Gasteiger partial charge in [0, 0.05) is 40.0 Å². The Labute approximate surface area is 164 Å². The van der Waals surface area contributed by atoms with Crippen LogP contribution in [-0.4, -0.2) is 23.7 Å². The molecule has 2 fully saturated rings. The molecule has 2 aromatic heterocycles. The highest BCUT2D eigenvalue weighted by atomic mass is 32.1. The summed E-state index contributed by atoms with van der Waals surface area (Å²) in [6.45, 7) is 5.31. The van der Waals surface area contributed by atoms with Crippen molar-refractivity contribution in [3.8, 4) is 16.9 Å². The summed E-state index contributed by atoms with van der Waals surface area (Å²) >= 11 is 1.76. The molecule has 4 atom stereocenters. The van der Waals surface area contributed by atoms with Crippen molar-refractivity contribution in [2.45, 2.75) is 45.2 Å². The van der Waals surface area contributed by atoms with E-state index in [0.29, 0.717) is 18.0 Å². The number of benzene rings is 1. The number of hydrogen-bond acceptors (Lipinski definition) is 4. The van der Waals surface area contributed by atoms with Crippen LogP contribution in [0.15, 0.2) is 42.6 Å². The topological polar surface area (TPSA) is 34.1 Å². The quantitative estimate of drug-likeness (QED) is 0.657. The van der Waals surface area contributed by atoms with Crippen LogP contribution in [-0.2, 0) is 0 Å². The molecule has 1 saturated heterocycles. The molecule has 0 spiro atoms. The Hall–Kier alpha value is -1.91. The third-order valence-corrected chi connectivity index (χ3v) is 7.34. The normalized spacial score (nSPS) is 27.2. The Balaban J connectivity index is 1.30. The van der Waals surface area contributed by atoms with Crippen molar-refractivity contribution in [3.05, 3.63) is 47.5 Å². The molecule has 0 radical (unpaired) electrons. The molecule has 1 aliphatic heterocycles. The number of pyridine rings is 1. The van der Waals surface area contributed by atoms with E-state index < -0.39 is 0 Å². The average molecular weight is 379 g/mol. The van der Waals surface area contributed by atoms with E-state index in [1.807, 2.05) is 12.3 Å². The number of aryl methyl sites for hydroxylation is 1. The lowest BCUT2D eigenvalue weighted by Gasteiger charge is -2.20. The first kappa shape index (κ1) is 17.2. The zero-order valence-electron chi connectivity index (χ0n) is 15.9. The molecule has 3 heterocycles. The molecular formula is C23H26N2OS. The van der Waals surface area contributed by atoms with Crippen LogP contribution in [0, 0.1) is 18.8 Å². The van der Waals surface area contributed by atoms with Gasteiger partial charge in [0.25, 0.3) is 0 Å². The second-order valence-electron chi connectivity index (χ2n) is 8.15. The summed E-state index contributed by atoms with van der Waals surface area (Å²) < 4.78 is 6.17. The average Bonchev–Trinajstić information content (AvgIpc) is 3.32. The van der Waals surface area contributed by atoms with Gasteiger partial charge in [-0.25, -0.2) is 4.98 Å². The fraction of sp³-hybridized carbons (Fsp3) is 0.435. The SMILES string of the molecule is Cc1sc2ncccc2c1-c1ccc(OCC2CCC3CC(C)NC23)cc1. The summed E-state index contributed by atoms with van der Waals surface area (Å²) in [5, 5.41) is 5.01. The predicted octanol–water partition coefficient (Wildman–Crippen LogP) is 5.43. The lowest BCUT2D eigenvalue weighted by Crippen LogP contribution is -2.35. The Morgan fingerprint density at radius 3 is 2.89 bits per heavy atom. The molecule has 0 amide bonds. The zero-order valence-corrected chi connectivity index (χ0v) is 16.8. The molecule has 5 rings (SSSR count). The minimum Gasteiger partial charge on any atom is -0.493 e. The number of aromatic nitrogens is 1. The van der Waals surface area contributed by atoms with Crippen molar-refractivity contribution in [3.63, 3.8) is 0 Å². The number of hydrogen-bond donors (Lipinski definition) is 1. The summed E-state index contributed by atoms with van der Waals surface area (Å²) in [5.74, 6) is 2.48. The summed E-state index contributed by atoms with van der Waals surface area (Å²) in [7, 11) is 0. The van der Waals surface area contributed by atoms with Gasteiger partial charge in [-0.3, -0.25) is 0 Å². The van der Waals surface area contributed by atoms with Gasteiger partial charge in [0.05, 0.1) is 6.61 Å². The van der Waals surface area contributed by atoms with Gasteiger partial charge in [-0.05, 0) is 68.9 Å². The Bertz CT molecular complexity index is 949. The van der Waals surface area contributed by atoms with E-state index in [1.165, 1.54) is 40.7 Å². The van der Waals surface area contributed by atoms with Gasteiger partial charge < -0.3 is 10.1 Å². The Kier molecular flexibility index (Phi) is 4.41. The van der Waals surface area contributed by atoms with Crippen molar-refractivity contribution in [1.82, 2.24) is 10.3 Å². The van der Waals surface area contributed by atoms with E-state index in [-0.39, 0.29) is 0 Å². The van der Waals surface area contributed by atoms with Crippen molar-refractivity contribution >= 4 is 21.6 Å². The summed E-state index contributed by atoms with van der Waals surface area (Å²) in [4.78, 5) is 6.92. The first-order valence-electron chi connectivity index (χ1n) is 10.0. The van der Waals surface area contributed by atoms with Crippen LogP contribution >= 0.6 is 11.3 Å². The molecule has 3 aromatic rings. The first-order chi connectivity index (χ1) is 13.2. The van der Waals surface area contributed by atoms with Crippen molar-refractivity contribution < 1.29 is 4.74 Å². The van der Waals surface area contributed by atoms with E-state index in [9.17, 15) is 0 Å². The smallest absolute Gasteiger partial charge is 0.124 e. The van der Waals surface area contributed by atoms with Crippen LogP contribution in [0.3, 0.4) is 0 Å². The number of fused-ring (bicyclic) bond motifs is 2. The number of ether oxygens (including phenoxy) is 1.